The van der Waals surface area contributed by atoms with Crippen molar-refractivity contribution < 1.29 is 5.11 Å². The van der Waals surface area contributed by atoms with Crippen LogP contribution >= 0.6 is 0 Å². The summed E-state index contributed by atoms with van der Waals surface area (Å²) in [4.78, 5) is 0. The Morgan fingerprint density at radius 2 is 2.44 bits per heavy atom. The van der Waals surface area contributed by atoms with E-state index in [0.29, 0.717) is 12.1 Å². The van der Waals surface area contributed by atoms with Crippen LogP contribution in [0.4, 0.5) is 0 Å². The van der Waals surface area contributed by atoms with Crippen LogP contribution in [-0.2, 0) is 0 Å². The van der Waals surface area contributed by atoms with Gasteiger partial charge in [0.2, 0.25) is 0 Å². The first-order valence-corrected chi connectivity index (χ1v) is 2.97. The molecule has 0 spiro atoms. The van der Waals surface area contributed by atoms with Gasteiger partial charge in [0.15, 0.2) is 0 Å². The third-order valence-corrected chi connectivity index (χ3v) is 1.32. The molecular formula is C7H11NO. The molecule has 0 radical (unpaired) electrons. The summed E-state index contributed by atoms with van der Waals surface area (Å²) < 4.78 is 0. The average molecular weight is 125 g/mol. The SMILES string of the molecule is CC1(O)C=C(N)C=CC1. The Labute approximate surface area is 54.7 Å². The third-order valence-electron chi connectivity index (χ3n) is 1.32. The van der Waals surface area contributed by atoms with Crippen molar-refractivity contribution in [3.63, 3.8) is 0 Å². The van der Waals surface area contributed by atoms with E-state index in [1.165, 1.54) is 0 Å². The first-order chi connectivity index (χ1) is 4.10. The first kappa shape index (κ1) is 6.36. The molecule has 9 heavy (non-hydrogen) atoms. The fourth-order valence-corrected chi connectivity index (χ4v) is 0.900. The van der Waals surface area contributed by atoms with Gasteiger partial charge in [0.1, 0.15) is 0 Å². The maximum atomic E-state index is 9.34. The topological polar surface area (TPSA) is 46.2 Å². The summed E-state index contributed by atoms with van der Waals surface area (Å²) in [7, 11) is 0. The molecule has 0 aromatic heterocycles. The zero-order chi connectivity index (χ0) is 6.91. The van der Waals surface area contributed by atoms with Crippen LogP contribution in [0, 0.1) is 0 Å². The average Bonchev–Trinajstić information content (AvgIpc) is 1.60. The van der Waals surface area contributed by atoms with Crippen molar-refractivity contribution >= 4 is 0 Å². The number of aliphatic hydroxyl groups is 1. The molecule has 2 nitrogen and oxygen atoms in total. The Morgan fingerprint density at radius 3 is 2.78 bits per heavy atom. The molecule has 2 heteroatoms. The molecule has 0 amide bonds. The standard InChI is InChI=1S/C7H11NO/c1-7(9)4-2-3-6(8)5-7/h2-3,5,9H,4,8H2,1H3. The van der Waals surface area contributed by atoms with E-state index in [-0.39, 0.29) is 0 Å². The van der Waals surface area contributed by atoms with E-state index in [2.05, 4.69) is 0 Å². The zero-order valence-corrected chi connectivity index (χ0v) is 5.46. The summed E-state index contributed by atoms with van der Waals surface area (Å²) in [6.45, 7) is 1.74. The van der Waals surface area contributed by atoms with Gasteiger partial charge < -0.3 is 10.8 Å². The Morgan fingerprint density at radius 1 is 1.78 bits per heavy atom. The molecule has 3 N–H and O–H groups in total. The molecule has 0 aromatic carbocycles. The van der Waals surface area contributed by atoms with Crippen LogP contribution in [0.3, 0.4) is 0 Å². The largest absolute Gasteiger partial charge is 0.399 e. The molecule has 0 aromatic rings. The van der Waals surface area contributed by atoms with Gasteiger partial charge in [-0.25, -0.2) is 0 Å². The lowest BCUT2D eigenvalue weighted by Crippen LogP contribution is -2.23. The fraction of sp³-hybridized carbons (Fsp3) is 0.429. The summed E-state index contributed by atoms with van der Waals surface area (Å²) in [5, 5.41) is 9.34. The third kappa shape index (κ3) is 1.57. The van der Waals surface area contributed by atoms with Gasteiger partial charge in [-0.2, -0.15) is 0 Å². The summed E-state index contributed by atoms with van der Waals surface area (Å²) in [6, 6.07) is 0. The maximum Gasteiger partial charge on any atom is 0.0856 e. The minimum absolute atomic E-state index is 0.645. The van der Waals surface area contributed by atoms with Crippen molar-refractivity contribution in [2.45, 2.75) is 18.9 Å². The molecule has 1 aliphatic carbocycles. The minimum atomic E-state index is -0.723. The molecule has 50 valence electrons. The predicted molar refractivity (Wildman–Crippen MR) is 36.7 cm³/mol. The number of hydrogen-bond acceptors (Lipinski definition) is 2. The molecule has 1 aliphatic rings. The highest BCUT2D eigenvalue weighted by atomic mass is 16.3. The van der Waals surface area contributed by atoms with Gasteiger partial charge in [0.25, 0.3) is 0 Å². The van der Waals surface area contributed by atoms with E-state index in [9.17, 15) is 5.11 Å². The van der Waals surface area contributed by atoms with Gasteiger partial charge in [-0.3, -0.25) is 0 Å². The van der Waals surface area contributed by atoms with E-state index < -0.39 is 5.60 Å². The second-order valence-electron chi connectivity index (χ2n) is 2.61. The highest BCUT2D eigenvalue weighted by Crippen LogP contribution is 2.17. The van der Waals surface area contributed by atoms with Crippen molar-refractivity contribution in [3.05, 3.63) is 23.9 Å². The molecular weight excluding hydrogens is 114 g/mol. The lowest BCUT2D eigenvalue weighted by Gasteiger charge is -2.20. The van der Waals surface area contributed by atoms with Gasteiger partial charge in [0.05, 0.1) is 5.60 Å². The van der Waals surface area contributed by atoms with Crippen LogP contribution < -0.4 is 5.73 Å². The van der Waals surface area contributed by atoms with E-state index in [1.54, 1.807) is 19.1 Å². The van der Waals surface area contributed by atoms with Gasteiger partial charge in [0, 0.05) is 5.70 Å². The van der Waals surface area contributed by atoms with Crippen LogP contribution in [0.2, 0.25) is 0 Å². The van der Waals surface area contributed by atoms with Crippen molar-refractivity contribution in [1.82, 2.24) is 0 Å². The normalized spacial score (nSPS) is 34.2. The van der Waals surface area contributed by atoms with Crippen LogP contribution in [0.15, 0.2) is 23.9 Å². The van der Waals surface area contributed by atoms with Crippen LogP contribution in [-0.4, -0.2) is 10.7 Å². The lowest BCUT2D eigenvalue weighted by molar-refractivity contribution is 0.113. The zero-order valence-electron chi connectivity index (χ0n) is 5.46. The van der Waals surface area contributed by atoms with Crippen LogP contribution in [0.25, 0.3) is 0 Å². The van der Waals surface area contributed by atoms with Gasteiger partial charge in [-0.1, -0.05) is 6.08 Å². The van der Waals surface area contributed by atoms with E-state index in [0.717, 1.165) is 0 Å². The second kappa shape index (κ2) is 1.88. The maximum absolute atomic E-state index is 9.34. The second-order valence-corrected chi connectivity index (χ2v) is 2.61. The van der Waals surface area contributed by atoms with Crippen molar-refractivity contribution in [2.24, 2.45) is 5.73 Å². The number of rotatable bonds is 0. The Bertz CT molecular complexity index is 168. The fourth-order valence-electron chi connectivity index (χ4n) is 0.900. The molecule has 1 rings (SSSR count). The molecule has 1 unspecified atom stereocenters. The number of allylic oxidation sites excluding steroid dienone is 1. The van der Waals surface area contributed by atoms with Crippen molar-refractivity contribution in [3.8, 4) is 0 Å². The molecule has 0 heterocycles. The van der Waals surface area contributed by atoms with E-state index >= 15 is 0 Å². The summed E-state index contributed by atoms with van der Waals surface area (Å²) in [6.07, 6.45) is 5.99. The summed E-state index contributed by atoms with van der Waals surface area (Å²) in [5.74, 6) is 0. The van der Waals surface area contributed by atoms with Crippen LogP contribution in [0.1, 0.15) is 13.3 Å². The monoisotopic (exact) mass is 125 g/mol. The van der Waals surface area contributed by atoms with Gasteiger partial charge in [-0.15, -0.1) is 0 Å². The van der Waals surface area contributed by atoms with Crippen molar-refractivity contribution in [2.75, 3.05) is 0 Å². The smallest absolute Gasteiger partial charge is 0.0856 e. The summed E-state index contributed by atoms with van der Waals surface area (Å²) in [5.41, 5.74) is 5.35. The lowest BCUT2D eigenvalue weighted by atomic mass is 9.97. The van der Waals surface area contributed by atoms with Crippen LogP contribution in [0.5, 0.6) is 0 Å². The van der Waals surface area contributed by atoms with Gasteiger partial charge in [-0.05, 0) is 25.5 Å². The molecule has 0 saturated carbocycles. The Balaban J connectivity index is 2.78. The van der Waals surface area contributed by atoms with Crippen molar-refractivity contribution in [1.29, 1.82) is 0 Å². The van der Waals surface area contributed by atoms with E-state index in [4.69, 9.17) is 5.73 Å². The van der Waals surface area contributed by atoms with E-state index in [1.807, 2.05) is 6.08 Å². The molecule has 0 aliphatic heterocycles. The number of hydrogen-bond donors (Lipinski definition) is 2. The molecule has 0 bridgehead atoms. The minimum Gasteiger partial charge on any atom is -0.399 e. The Kier molecular flexibility index (Phi) is 1.33. The summed E-state index contributed by atoms with van der Waals surface area (Å²) >= 11 is 0. The van der Waals surface area contributed by atoms with Gasteiger partial charge >= 0.3 is 0 Å². The first-order valence-electron chi connectivity index (χ1n) is 2.97. The predicted octanol–water partition coefficient (Wildman–Crippen LogP) is 0.540. The highest BCUT2D eigenvalue weighted by Gasteiger charge is 2.17. The molecule has 0 saturated heterocycles. The molecule has 1 atom stereocenters. The Hall–Kier alpha value is -0.760. The molecule has 0 fully saturated rings. The highest BCUT2D eigenvalue weighted by molar-refractivity contribution is 5.24. The number of nitrogens with two attached hydrogens (primary N) is 1. The quantitative estimate of drug-likeness (QED) is 0.496.